The van der Waals surface area contributed by atoms with Gasteiger partial charge in [-0.25, -0.2) is 4.79 Å². The normalized spacial score (nSPS) is 25.1. The predicted molar refractivity (Wildman–Crippen MR) is 97.5 cm³/mol. The number of nitrogens with zero attached hydrogens (tertiary/aromatic N) is 1. The molecule has 28 heavy (non-hydrogen) atoms. The van der Waals surface area contributed by atoms with E-state index in [2.05, 4.69) is 5.32 Å². The van der Waals surface area contributed by atoms with Gasteiger partial charge in [-0.05, 0) is 33.8 Å². The van der Waals surface area contributed by atoms with E-state index < -0.39 is 34.4 Å². The van der Waals surface area contributed by atoms with Crippen molar-refractivity contribution in [3.8, 4) is 5.75 Å². The Morgan fingerprint density at radius 1 is 1.29 bits per heavy atom. The Kier molecular flexibility index (Phi) is 5.01. The second-order valence-electron chi connectivity index (χ2n) is 6.78. The van der Waals surface area contributed by atoms with Gasteiger partial charge in [0.25, 0.3) is 5.69 Å². The zero-order valence-electron chi connectivity index (χ0n) is 16.1. The lowest BCUT2D eigenvalue weighted by molar-refractivity contribution is -0.385. The molecule has 0 amide bonds. The highest BCUT2D eigenvalue weighted by Gasteiger charge is 2.57. The van der Waals surface area contributed by atoms with Crippen LogP contribution in [-0.2, 0) is 19.1 Å². The van der Waals surface area contributed by atoms with E-state index in [1.54, 1.807) is 27.7 Å². The fourth-order valence-electron chi connectivity index (χ4n) is 3.96. The molecule has 9 nitrogen and oxygen atoms in total. The minimum absolute atomic E-state index is 0.150. The molecular formula is C19H22N2O7. The van der Waals surface area contributed by atoms with Gasteiger partial charge in [-0.2, -0.15) is 0 Å². The monoisotopic (exact) mass is 390 g/mol. The lowest BCUT2D eigenvalue weighted by Crippen LogP contribution is -2.63. The van der Waals surface area contributed by atoms with Gasteiger partial charge in [0.15, 0.2) is 5.72 Å². The molecule has 1 aromatic carbocycles. The Hall–Kier alpha value is -3.10. The van der Waals surface area contributed by atoms with Crippen LogP contribution in [-0.4, -0.2) is 35.8 Å². The summed E-state index contributed by atoms with van der Waals surface area (Å²) in [6, 6.07) is 4.14. The number of hydrogen-bond donors (Lipinski definition) is 1. The summed E-state index contributed by atoms with van der Waals surface area (Å²) in [5.74, 6) is -2.51. The van der Waals surface area contributed by atoms with Crippen molar-refractivity contribution in [3.05, 3.63) is 45.1 Å². The molecule has 1 aromatic rings. The molecule has 2 bridgehead atoms. The molecule has 2 aliphatic rings. The second kappa shape index (κ2) is 7.14. The largest absolute Gasteiger partial charge is 0.467 e. The van der Waals surface area contributed by atoms with Crippen molar-refractivity contribution in [2.75, 3.05) is 13.2 Å². The highest BCUT2D eigenvalue weighted by molar-refractivity contribution is 5.94. The van der Waals surface area contributed by atoms with Crippen LogP contribution >= 0.6 is 0 Å². The van der Waals surface area contributed by atoms with E-state index in [4.69, 9.17) is 14.2 Å². The fraction of sp³-hybridized carbons (Fsp3) is 0.474. The molecule has 2 heterocycles. The molecule has 0 fully saturated rings. The van der Waals surface area contributed by atoms with Crippen LogP contribution < -0.4 is 10.1 Å². The molecule has 0 aliphatic carbocycles. The number of nitrogens with one attached hydrogen (secondary N) is 1. The smallest absolute Gasteiger partial charge is 0.336 e. The zero-order valence-corrected chi connectivity index (χ0v) is 16.1. The maximum absolute atomic E-state index is 12.8. The van der Waals surface area contributed by atoms with Gasteiger partial charge in [0.2, 0.25) is 0 Å². The third-order valence-electron chi connectivity index (χ3n) is 4.97. The number of esters is 2. The first-order chi connectivity index (χ1) is 13.2. The van der Waals surface area contributed by atoms with Crippen LogP contribution in [0.1, 0.15) is 39.2 Å². The van der Waals surface area contributed by atoms with Gasteiger partial charge in [-0.15, -0.1) is 0 Å². The Balaban J connectivity index is 2.25. The van der Waals surface area contributed by atoms with Crippen molar-refractivity contribution < 1.29 is 28.7 Å². The van der Waals surface area contributed by atoms with Gasteiger partial charge in [-0.3, -0.25) is 14.9 Å². The van der Waals surface area contributed by atoms with Crippen molar-refractivity contribution in [1.82, 2.24) is 5.32 Å². The zero-order chi connectivity index (χ0) is 20.6. The number of nitro groups is 1. The first kappa shape index (κ1) is 19.7. The van der Waals surface area contributed by atoms with Gasteiger partial charge in [0.05, 0.1) is 23.7 Å². The summed E-state index contributed by atoms with van der Waals surface area (Å²) in [4.78, 5) is 36.3. The standard InChI is InChI=1S/C19H22N2O7/c1-5-26-17(22)14-10(3)20-19(4)16(18(23)27-6-2)15(14)12-9-11(21(24)25)7-8-13(12)28-19/h7-9,15-16,20H,5-6H2,1-4H3. The summed E-state index contributed by atoms with van der Waals surface area (Å²) in [5, 5.41) is 14.4. The molecular weight excluding hydrogens is 368 g/mol. The van der Waals surface area contributed by atoms with Crippen molar-refractivity contribution in [3.63, 3.8) is 0 Å². The number of non-ortho nitro benzene ring substituents is 1. The van der Waals surface area contributed by atoms with E-state index in [9.17, 15) is 19.7 Å². The molecule has 0 saturated heterocycles. The Labute approximate surface area is 161 Å². The summed E-state index contributed by atoms with van der Waals surface area (Å²) < 4.78 is 16.5. The Morgan fingerprint density at radius 3 is 2.57 bits per heavy atom. The molecule has 9 heteroatoms. The second-order valence-corrected chi connectivity index (χ2v) is 6.78. The van der Waals surface area contributed by atoms with Crippen LogP contribution in [0.25, 0.3) is 0 Å². The SMILES string of the molecule is CCOC(=O)C1=C(C)NC2(C)Oc3ccc([N+](=O)[O-])cc3C1C2C(=O)OCC. The minimum atomic E-state index is -1.18. The van der Waals surface area contributed by atoms with Crippen LogP contribution in [0.2, 0.25) is 0 Å². The van der Waals surface area contributed by atoms with Crippen LogP contribution in [0.3, 0.4) is 0 Å². The maximum Gasteiger partial charge on any atom is 0.336 e. The van der Waals surface area contributed by atoms with E-state index in [-0.39, 0.29) is 24.5 Å². The number of rotatable bonds is 5. The van der Waals surface area contributed by atoms with Gasteiger partial charge < -0.3 is 19.5 Å². The molecule has 0 aromatic heterocycles. The van der Waals surface area contributed by atoms with Crippen LogP contribution in [0.4, 0.5) is 5.69 Å². The van der Waals surface area contributed by atoms with E-state index in [1.165, 1.54) is 18.2 Å². The number of benzene rings is 1. The predicted octanol–water partition coefficient (Wildman–Crippen LogP) is 2.41. The molecule has 0 spiro atoms. The molecule has 3 atom stereocenters. The minimum Gasteiger partial charge on any atom is -0.467 e. The number of carbonyl (C=O) groups excluding carboxylic acids is 2. The highest BCUT2D eigenvalue weighted by Crippen LogP contribution is 2.52. The quantitative estimate of drug-likeness (QED) is 0.463. The number of nitro benzene ring substituents is 1. The maximum atomic E-state index is 12.8. The lowest BCUT2D eigenvalue weighted by Gasteiger charge is -2.49. The molecule has 3 rings (SSSR count). The van der Waals surface area contributed by atoms with E-state index in [0.29, 0.717) is 17.0 Å². The first-order valence-corrected chi connectivity index (χ1v) is 9.03. The first-order valence-electron chi connectivity index (χ1n) is 9.03. The van der Waals surface area contributed by atoms with Crippen molar-refractivity contribution in [2.24, 2.45) is 5.92 Å². The van der Waals surface area contributed by atoms with Gasteiger partial charge in [0, 0.05) is 29.3 Å². The average molecular weight is 390 g/mol. The number of allylic oxidation sites excluding steroid dienone is 1. The summed E-state index contributed by atoms with van der Waals surface area (Å²) in [5.41, 5.74) is -0.229. The summed E-state index contributed by atoms with van der Waals surface area (Å²) in [6.45, 7) is 7.04. The molecule has 2 aliphatic heterocycles. The highest BCUT2D eigenvalue weighted by atomic mass is 16.6. The molecule has 150 valence electrons. The number of fused-ring (bicyclic) bond motifs is 4. The molecule has 0 radical (unpaired) electrons. The Bertz CT molecular complexity index is 879. The third kappa shape index (κ3) is 3.06. The van der Waals surface area contributed by atoms with E-state index >= 15 is 0 Å². The fourth-order valence-corrected chi connectivity index (χ4v) is 3.96. The van der Waals surface area contributed by atoms with E-state index in [0.717, 1.165) is 0 Å². The molecule has 0 saturated carbocycles. The Morgan fingerprint density at radius 2 is 1.96 bits per heavy atom. The average Bonchev–Trinajstić information content (AvgIpc) is 2.60. The number of hydrogen-bond acceptors (Lipinski definition) is 8. The van der Waals surface area contributed by atoms with Crippen LogP contribution in [0, 0.1) is 16.0 Å². The summed E-state index contributed by atoms with van der Waals surface area (Å²) >= 11 is 0. The summed E-state index contributed by atoms with van der Waals surface area (Å²) in [6.07, 6.45) is 0. The van der Waals surface area contributed by atoms with E-state index in [1.807, 2.05) is 0 Å². The van der Waals surface area contributed by atoms with Crippen molar-refractivity contribution >= 4 is 17.6 Å². The summed E-state index contributed by atoms with van der Waals surface area (Å²) in [7, 11) is 0. The van der Waals surface area contributed by atoms with Gasteiger partial charge in [-0.1, -0.05) is 0 Å². The van der Waals surface area contributed by atoms with Gasteiger partial charge >= 0.3 is 11.9 Å². The van der Waals surface area contributed by atoms with Crippen molar-refractivity contribution in [2.45, 2.75) is 39.3 Å². The number of ether oxygens (including phenoxy) is 3. The lowest BCUT2D eigenvalue weighted by atomic mass is 9.70. The topological polar surface area (TPSA) is 117 Å². The van der Waals surface area contributed by atoms with Crippen LogP contribution in [0.15, 0.2) is 29.5 Å². The molecule has 1 N–H and O–H groups in total. The third-order valence-corrected chi connectivity index (χ3v) is 4.97. The van der Waals surface area contributed by atoms with Gasteiger partial charge in [0.1, 0.15) is 11.7 Å². The van der Waals surface area contributed by atoms with Crippen LogP contribution in [0.5, 0.6) is 5.75 Å². The number of carbonyl (C=O) groups is 2. The molecule has 3 unspecified atom stereocenters. The van der Waals surface area contributed by atoms with Crippen molar-refractivity contribution in [1.29, 1.82) is 0 Å².